The fourth-order valence-electron chi connectivity index (χ4n) is 1.80. The minimum atomic E-state index is -0.228. The third kappa shape index (κ3) is 4.08. The Hall–Kier alpha value is -1.33. The van der Waals surface area contributed by atoms with Gasteiger partial charge in [-0.3, -0.25) is 0 Å². The van der Waals surface area contributed by atoms with Gasteiger partial charge in [0.25, 0.3) is 0 Å². The maximum absolute atomic E-state index is 13.4. The van der Waals surface area contributed by atoms with E-state index in [4.69, 9.17) is 0 Å². The van der Waals surface area contributed by atoms with Gasteiger partial charge in [-0.15, -0.1) is 10.2 Å². The van der Waals surface area contributed by atoms with E-state index in [0.717, 1.165) is 34.1 Å². The summed E-state index contributed by atoms with van der Waals surface area (Å²) in [6.45, 7) is 6.98. The Morgan fingerprint density at radius 2 is 2.05 bits per heavy atom. The Morgan fingerprint density at radius 3 is 2.74 bits per heavy atom. The smallest absolute Gasteiger partial charge is 0.147 e. The lowest BCUT2D eigenvalue weighted by atomic mass is 10.1. The minimum absolute atomic E-state index is 0.228. The molecular weight excluding hydrogens is 261 g/mol. The van der Waals surface area contributed by atoms with Gasteiger partial charge in [0.15, 0.2) is 0 Å². The molecule has 2 aromatic rings. The maximum Gasteiger partial charge on any atom is 0.147 e. The molecule has 0 amide bonds. The average Bonchev–Trinajstić information content (AvgIpc) is 2.76. The van der Waals surface area contributed by atoms with Gasteiger partial charge in [-0.25, -0.2) is 4.39 Å². The molecule has 19 heavy (non-hydrogen) atoms. The minimum Gasteiger partial charge on any atom is -0.314 e. The predicted molar refractivity (Wildman–Crippen MR) is 76.9 cm³/mol. The summed E-state index contributed by atoms with van der Waals surface area (Å²) in [4.78, 5) is 0. The van der Waals surface area contributed by atoms with Crippen molar-refractivity contribution >= 4 is 11.3 Å². The molecule has 0 saturated carbocycles. The van der Waals surface area contributed by atoms with Crippen LogP contribution in [0, 0.1) is 12.7 Å². The van der Waals surface area contributed by atoms with E-state index in [0.29, 0.717) is 6.04 Å². The van der Waals surface area contributed by atoms with E-state index >= 15 is 0 Å². The summed E-state index contributed by atoms with van der Waals surface area (Å²) < 4.78 is 13.4. The molecule has 102 valence electrons. The first kappa shape index (κ1) is 14.1. The predicted octanol–water partition coefficient (Wildman–Crippen LogP) is 3.19. The third-order valence-electron chi connectivity index (χ3n) is 2.65. The molecule has 5 heteroatoms. The lowest BCUT2D eigenvalue weighted by Gasteiger charge is -2.05. The van der Waals surface area contributed by atoms with Crippen molar-refractivity contribution < 1.29 is 4.39 Å². The van der Waals surface area contributed by atoms with Crippen LogP contribution in [-0.2, 0) is 6.42 Å². The summed E-state index contributed by atoms with van der Waals surface area (Å²) in [5.41, 5.74) is 1.70. The highest BCUT2D eigenvalue weighted by Gasteiger charge is 2.08. The van der Waals surface area contributed by atoms with Crippen LogP contribution in [0.5, 0.6) is 0 Å². The van der Waals surface area contributed by atoms with Crippen LogP contribution >= 0.6 is 11.3 Å². The molecule has 1 N–H and O–H groups in total. The summed E-state index contributed by atoms with van der Waals surface area (Å²) in [5.74, 6) is -0.228. The second-order valence-corrected chi connectivity index (χ2v) is 5.94. The van der Waals surface area contributed by atoms with Crippen LogP contribution in [0.3, 0.4) is 0 Å². The number of hydrogen-bond donors (Lipinski definition) is 1. The quantitative estimate of drug-likeness (QED) is 0.913. The van der Waals surface area contributed by atoms with Gasteiger partial charge >= 0.3 is 0 Å². The topological polar surface area (TPSA) is 37.8 Å². The highest BCUT2D eigenvalue weighted by atomic mass is 32.1. The second-order valence-electron chi connectivity index (χ2n) is 4.88. The van der Waals surface area contributed by atoms with E-state index < -0.39 is 0 Å². The number of nitrogens with one attached hydrogen (secondary N) is 1. The van der Waals surface area contributed by atoms with Gasteiger partial charge in [0.2, 0.25) is 0 Å². The molecule has 2 rings (SSSR count). The van der Waals surface area contributed by atoms with Crippen LogP contribution in [0.25, 0.3) is 10.6 Å². The van der Waals surface area contributed by atoms with Crippen LogP contribution in [0.4, 0.5) is 4.39 Å². The van der Waals surface area contributed by atoms with Gasteiger partial charge in [0.05, 0.1) is 0 Å². The molecule has 0 fully saturated rings. The summed E-state index contributed by atoms with van der Waals surface area (Å²) in [7, 11) is 0. The van der Waals surface area contributed by atoms with Crippen molar-refractivity contribution in [1.82, 2.24) is 15.5 Å². The second kappa shape index (κ2) is 6.21. The Balaban J connectivity index is 2.07. The number of benzene rings is 1. The van der Waals surface area contributed by atoms with E-state index in [-0.39, 0.29) is 5.82 Å². The van der Waals surface area contributed by atoms with Crippen molar-refractivity contribution in [2.24, 2.45) is 0 Å². The average molecular weight is 279 g/mol. The van der Waals surface area contributed by atoms with E-state index in [1.807, 2.05) is 13.0 Å². The lowest BCUT2D eigenvalue weighted by molar-refractivity contribution is 0.588. The van der Waals surface area contributed by atoms with Crippen LogP contribution in [0.1, 0.15) is 24.4 Å². The van der Waals surface area contributed by atoms with Crippen molar-refractivity contribution in [1.29, 1.82) is 0 Å². The molecule has 0 spiro atoms. The molecule has 0 unspecified atom stereocenters. The van der Waals surface area contributed by atoms with Crippen LogP contribution in [-0.4, -0.2) is 22.8 Å². The molecule has 0 bridgehead atoms. The normalized spacial score (nSPS) is 11.2. The maximum atomic E-state index is 13.4. The van der Waals surface area contributed by atoms with Gasteiger partial charge in [-0.05, 0) is 30.7 Å². The van der Waals surface area contributed by atoms with E-state index in [1.165, 1.54) is 23.5 Å². The van der Waals surface area contributed by atoms with Crippen LogP contribution < -0.4 is 5.32 Å². The third-order valence-corrected chi connectivity index (χ3v) is 3.68. The number of nitrogens with zero attached hydrogens (tertiary/aromatic N) is 2. The van der Waals surface area contributed by atoms with Crippen molar-refractivity contribution in [3.05, 3.63) is 34.6 Å². The summed E-state index contributed by atoms with van der Waals surface area (Å²) in [5, 5.41) is 13.4. The largest absolute Gasteiger partial charge is 0.314 e. The van der Waals surface area contributed by atoms with Gasteiger partial charge < -0.3 is 5.32 Å². The van der Waals surface area contributed by atoms with Gasteiger partial charge in [-0.1, -0.05) is 25.2 Å². The number of aryl methyl sites for hydroxylation is 1. The fraction of sp³-hybridized carbons (Fsp3) is 0.429. The molecule has 0 aliphatic rings. The Labute approximate surface area is 116 Å². The standard InChI is InChI=1S/C14H18FN3S/c1-9(2)16-5-4-13-17-18-14(19-13)11-6-10(3)7-12(15)8-11/h6-9,16H,4-5H2,1-3H3. The summed E-state index contributed by atoms with van der Waals surface area (Å²) in [6.07, 6.45) is 0.851. The van der Waals surface area contributed by atoms with Crippen molar-refractivity contribution in [3.8, 4) is 10.6 Å². The number of rotatable bonds is 5. The zero-order valence-electron chi connectivity index (χ0n) is 11.4. The molecule has 0 radical (unpaired) electrons. The fourth-order valence-corrected chi connectivity index (χ4v) is 2.63. The molecule has 1 aromatic carbocycles. The van der Waals surface area contributed by atoms with Gasteiger partial charge in [0, 0.05) is 24.6 Å². The Kier molecular flexibility index (Phi) is 4.61. The monoisotopic (exact) mass is 279 g/mol. The summed E-state index contributed by atoms with van der Waals surface area (Å²) in [6, 6.07) is 5.42. The van der Waals surface area contributed by atoms with Crippen molar-refractivity contribution in [2.75, 3.05) is 6.54 Å². The first-order valence-electron chi connectivity index (χ1n) is 6.38. The van der Waals surface area contributed by atoms with E-state index in [1.54, 1.807) is 0 Å². The van der Waals surface area contributed by atoms with Crippen LogP contribution in [0.2, 0.25) is 0 Å². The molecule has 0 atom stereocenters. The lowest BCUT2D eigenvalue weighted by Crippen LogP contribution is -2.24. The zero-order valence-corrected chi connectivity index (χ0v) is 12.2. The Morgan fingerprint density at radius 1 is 1.26 bits per heavy atom. The summed E-state index contributed by atoms with van der Waals surface area (Å²) >= 11 is 1.53. The molecule has 0 aliphatic heterocycles. The first-order chi connectivity index (χ1) is 9.04. The Bertz CT molecular complexity index is 531. The van der Waals surface area contributed by atoms with E-state index in [9.17, 15) is 4.39 Å². The molecule has 1 aromatic heterocycles. The SMILES string of the molecule is Cc1cc(F)cc(-c2nnc(CCNC(C)C)s2)c1. The number of aromatic nitrogens is 2. The van der Waals surface area contributed by atoms with Gasteiger partial charge in [-0.2, -0.15) is 0 Å². The highest BCUT2D eigenvalue weighted by Crippen LogP contribution is 2.25. The molecule has 0 saturated heterocycles. The molecule has 1 heterocycles. The highest BCUT2D eigenvalue weighted by molar-refractivity contribution is 7.14. The van der Waals surface area contributed by atoms with Gasteiger partial charge in [0.1, 0.15) is 15.8 Å². The van der Waals surface area contributed by atoms with Crippen molar-refractivity contribution in [2.45, 2.75) is 33.2 Å². The zero-order chi connectivity index (χ0) is 13.8. The molecule has 3 nitrogen and oxygen atoms in total. The first-order valence-corrected chi connectivity index (χ1v) is 7.19. The molecular formula is C14H18FN3S. The molecule has 0 aliphatic carbocycles. The number of hydrogen-bond acceptors (Lipinski definition) is 4. The number of halogens is 1. The van der Waals surface area contributed by atoms with E-state index in [2.05, 4.69) is 29.4 Å². The van der Waals surface area contributed by atoms with Crippen molar-refractivity contribution in [3.63, 3.8) is 0 Å². The van der Waals surface area contributed by atoms with Crippen LogP contribution in [0.15, 0.2) is 18.2 Å².